The third kappa shape index (κ3) is 3.81. The van der Waals surface area contributed by atoms with Gasteiger partial charge in [0, 0.05) is 24.0 Å². The number of halogens is 2. The van der Waals surface area contributed by atoms with Crippen molar-refractivity contribution in [3.05, 3.63) is 70.6 Å². The molecule has 2 rings (SSSR count). The van der Waals surface area contributed by atoms with Crippen molar-refractivity contribution in [2.24, 2.45) is 0 Å². The van der Waals surface area contributed by atoms with Crippen LogP contribution < -0.4 is 5.32 Å². The molecule has 0 aliphatic heterocycles. The molecule has 19 heavy (non-hydrogen) atoms. The topological polar surface area (TPSA) is 42.0 Å². The number of nitrogens with one attached hydrogen (secondary N) is 1. The van der Waals surface area contributed by atoms with E-state index < -0.39 is 0 Å². The summed E-state index contributed by atoms with van der Waals surface area (Å²) in [6.45, 7) is 0. The lowest BCUT2D eigenvalue weighted by Crippen LogP contribution is -1.96. The van der Waals surface area contributed by atoms with Crippen molar-refractivity contribution >= 4 is 34.7 Å². The molecule has 1 aromatic carbocycles. The third-order valence-electron chi connectivity index (χ3n) is 2.35. The van der Waals surface area contributed by atoms with Gasteiger partial charge in [-0.25, -0.2) is 0 Å². The Balaban J connectivity index is 2.02. The monoisotopic (exact) mass is 292 g/mol. The summed E-state index contributed by atoms with van der Waals surface area (Å²) in [5, 5.41) is 3.74. The molecule has 0 fully saturated rings. The Morgan fingerprint density at radius 2 is 2.05 bits per heavy atom. The maximum atomic E-state index is 11.9. The molecule has 0 aliphatic rings. The van der Waals surface area contributed by atoms with Crippen LogP contribution in [0, 0.1) is 0 Å². The first kappa shape index (κ1) is 13.6. The van der Waals surface area contributed by atoms with Crippen LogP contribution in [0.25, 0.3) is 0 Å². The van der Waals surface area contributed by atoms with Crippen LogP contribution in [0.15, 0.2) is 55.0 Å². The van der Waals surface area contributed by atoms with Gasteiger partial charge in [-0.3, -0.25) is 9.78 Å². The van der Waals surface area contributed by atoms with Crippen molar-refractivity contribution < 1.29 is 4.79 Å². The second-order valence-corrected chi connectivity index (χ2v) is 4.53. The summed E-state index contributed by atoms with van der Waals surface area (Å²) in [6, 6.07) is 8.42. The molecule has 0 radical (unpaired) electrons. The van der Waals surface area contributed by atoms with E-state index in [1.54, 1.807) is 42.9 Å². The summed E-state index contributed by atoms with van der Waals surface area (Å²) in [4.78, 5) is 15.8. The highest BCUT2D eigenvalue weighted by Crippen LogP contribution is 2.22. The molecule has 1 heterocycles. The van der Waals surface area contributed by atoms with Gasteiger partial charge in [-0.15, -0.1) is 0 Å². The van der Waals surface area contributed by atoms with Crippen LogP contribution >= 0.6 is 23.2 Å². The van der Waals surface area contributed by atoms with Crippen molar-refractivity contribution in [3.8, 4) is 0 Å². The van der Waals surface area contributed by atoms with Crippen molar-refractivity contribution in [2.45, 2.75) is 0 Å². The molecule has 0 saturated heterocycles. The highest BCUT2D eigenvalue weighted by atomic mass is 35.5. The number of pyridine rings is 1. The summed E-state index contributed by atoms with van der Waals surface area (Å²) in [5.41, 5.74) is 1.29. The van der Waals surface area contributed by atoms with Crippen LogP contribution in [0.4, 0.5) is 5.69 Å². The minimum atomic E-state index is -0.157. The van der Waals surface area contributed by atoms with Gasteiger partial charge in [0.15, 0.2) is 5.78 Å². The second kappa shape index (κ2) is 6.36. The summed E-state index contributed by atoms with van der Waals surface area (Å²) in [7, 11) is 0. The highest BCUT2D eigenvalue weighted by molar-refractivity contribution is 6.42. The average molecular weight is 293 g/mol. The number of hydrogen-bond acceptors (Lipinski definition) is 3. The molecule has 0 spiro atoms. The minimum absolute atomic E-state index is 0.157. The van der Waals surface area contributed by atoms with Gasteiger partial charge >= 0.3 is 0 Å². The lowest BCUT2D eigenvalue weighted by atomic mass is 10.1. The van der Waals surface area contributed by atoms with E-state index in [1.165, 1.54) is 6.08 Å². The predicted octanol–water partition coefficient (Wildman–Crippen LogP) is 4.20. The van der Waals surface area contributed by atoms with Gasteiger partial charge < -0.3 is 5.32 Å². The van der Waals surface area contributed by atoms with Gasteiger partial charge in [0.25, 0.3) is 0 Å². The summed E-state index contributed by atoms with van der Waals surface area (Å²) in [6.07, 6.45) is 6.32. The number of allylic oxidation sites excluding steroid dienone is 1. The van der Waals surface area contributed by atoms with E-state index in [4.69, 9.17) is 23.2 Å². The van der Waals surface area contributed by atoms with Gasteiger partial charge in [0.2, 0.25) is 0 Å². The molecular formula is C14H10Cl2N2O. The van der Waals surface area contributed by atoms with Crippen molar-refractivity contribution in [1.29, 1.82) is 0 Å². The minimum Gasteiger partial charge on any atom is -0.360 e. The maximum Gasteiger partial charge on any atom is 0.187 e. The van der Waals surface area contributed by atoms with E-state index in [2.05, 4.69) is 10.3 Å². The standard InChI is InChI=1S/C14H10Cl2N2O/c15-12-4-3-10(8-13(12)16)14(19)5-7-18-11-2-1-6-17-9-11/h1-9,18H. The number of rotatable bonds is 4. The zero-order valence-corrected chi connectivity index (χ0v) is 11.3. The van der Waals surface area contributed by atoms with E-state index in [1.807, 2.05) is 6.07 Å². The van der Waals surface area contributed by atoms with Crippen molar-refractivity contribution in [3.63, 3.8) is 0 Å². The van der Waals surface area contributed by atoms with Gasteiger partial charge in [-0.2, -0.15) is 0 Å². The van der Waals surface area contributed by atoms with E-state index in [9.17, 15) is 4.79 Å². The lowest BCUT2D eigenvalue weighted by Gasteiger charge is -2.00. The molecule has 0 bridgehead atoms. The van der Waals surface area contributed by atoms with Gasteiger partial charge in [0.1, 0.15) is 0 Å². The number of carbonyl (C=O) groups is 1. The second-order valence-electron chi connectivity index (χ2n) is 3.71. The Morgan fingerprint density at radius 3 is 2.74 bits per heavy atom. The third-order valence-corrected chi connectivity index (χ3v) is 3.09. The molecule has 96 valence electrons. The van der Waals surface area contributed by atoms with E-state index in [0.29, 0.717) is 15.6 Å². The number of nitrogens with zero attached hydrogens (tertiary/aromatic N) is 1. The highest BCUT2D eigenvalue weighted by Gasteiger charge is 2.04. The normalized spacial score (nSPS) is 10.6. The van der Waals surface area contributed by atoms with E-state index in [0.717, 1.165) is 5.69 Å². The number of hydrogen-bond donors (Lipinski definition) is 1. The predicted molar refractivity (Wildman–Crippen MR) is 77.8 cm³/mol. The maximum absolute atomic E-state index is 11.9. The number of anilines is 1. The fourth-order valence-corrected chi connectivity index (χ4v) is 1.71. The zero-order valence-electron chi connectivity index (χ0n) is 9.81. The Hall–Kier alpha value is -1.84. The molecule has 0 atom stereocenters. The SMILES string of the molecule is O=C(C=CNc1cccnc1)c1ccc(Cl)c(Cl)c1. The molecule has 1 aromatic heterocycles. The lowest BCUT2D eigenvalue weighted by molar-refractivity contribution is 0.104. The largest absolute Gasteiger partial charge is 0.360 e. The van der Waals surface area contributed by atoms with Crippen LogP contribution in [0.2, 0.25) is 10.0 Å². The molecule has 1 N–H and O–H groups in total. The first-order valence-electron chi connectivity index (χ1n) is 5.49. The van der Waals surface area contributed by atoms with Crippen LogP contribution in [0.5, 0.6) is 0 Å². The Kier molecular flexibility index (Phi) is 4.55. The Labute approximate surface area is 120 Å². The fourth-order valence-electron chi connectivity index (χ4n) is 1.41. The Bertz CT molecular complexity index is 612. The average Bonchev–Trinajstić information content (AvgIpc) is 2.43. The molecule has 0 saturated carbocycles. The van der Waals surface area contributed by atoms with Gasteiger partial charge in [0.05, 0.1) is 21.9 Å². The molecule has 5 heteroatoms. The van der Waals surface area contributed by atoms with Crippen LogP contribution in [-0.4, -0.2) is 10.8 Å². The molecule has 3 nitrogen and oxygen atoms in total. The molecule has 0 aliphatic carbocycles. The van der Waals surface area contributed by atoms with Crippen molar-refractivity contribution in [2.75, 3.05) is 5.32 Å². The summed E-state index contributed by atoms with van der Waals surface area (Å²) in [5.74, 6) is -0.157. The number of benzene rings is 1. The van der Waals surface area contributed by atoms with E-state index in [-0.39, 0.29) is 5.78 Å². The van der Waals surface area contributed by atoms with Crippen LogP contribution in [-0.2, 0) is 0 Å². The molecule has 2 aromatic rings. The smallest absolute Gasteiger partial charge is 0.187 e. The summed E-state index contributed by atoms with van der Waals surface area (Å²) >= 11 is 11.6. The van der Waals surface area contributed by atoms with Gasteiger partial charge in [-0.05, 0) is 30.3 Å². The molecule has 0 amide bonds. The number of aromatic nitrogens is 1. The first-order chi connectivity index (χ1) is 9.16. The van der Waals surface area contributed by atoms with Gasteiger partial charge in [-0.1, -0.05) is 23.2 Å². The summed E-state index contributed by atoms with van der Waals surface area (Å²) < 4.78 is 0. The molecule has 0 unspecified atom stereocenters. The number of ketones is 1. The number of carbonyl (C=O) groups excluding carboxylic acids is 1. The quantitative estimate of drug-likeness (QED) is 0.678. The Morgan fingerprint density at radius 1 is 1.21 bits per heavy atom. The van der Waals surface area contributed by atoms with Crippen LogP contribution in [0.3, 0.4) is 0 Å². The first-order valence-corrected chi connectivity index (χ1v) is 6.25. The van der Waals surface area contributed by atoms with Crippen molar-refractivity contribution in [1.82, 2.24) is 4.98 Å². The zero-order chi connectivity index (χ0) is 13.7. The fraction of sp³-hybridized carbons (Fsp3) is 0. The van der Waals surface area contributed by atoms with E-state index >= 15 is 0 Å². The molecular weight excluding hydrogens is 283 g/mol. The van der Waals surface area contributed by atoms with Crippen LogP contribution in [0.1, 0.15) is 10.4 Å².